The zero-order chi connectivity index (χ0) is 12.8. The van der Waals surface area contributed by atoms with E-state index in [-0.39, 0.29) is 6.54 Å². The van der Waals surface area contributed by atoms with Gasteiger partial charge in [0.1, 0.15) is 5.15 Å². The Morgan fingerprint density at radius 3 is 2.76 bits per heavy atom. The molecule has 0 aliphatic carbocycles. The van der Waals surface area contributed by atoms with Gasteiger partial charge in [0, 0.05) is 18.5 Å². The number of hydrogen-bond donors (Lipinski definition) is 0. The highest BCUT2D eigenvalue weighted by Gasteiger charge is 2.16. The smallest absolute Gasteiger partial charge is 0.260 e. The maximum absolute atomic E-state index is 10.5. The van der Waals surface area contributed by atoms with E-state index in [2.05, 4.69) is 9.98 Å². The third kappa shape index (κ3) is 3.67. The van der Waals surface area contributed by atoms with E-state index in [0.29, 0.717) is 17.5 Å². The van der Waals surface area contributed by atoms with Gasteiger partial charge in [-0.15, -0.1) is 0 Å². The molecule has 0 spiro atoms. The monoisotopic (exact) mass is 256 g/mol. The lowest BCUT2D eigenvalue weighted by molar-refractivity contribution is -0.463. The van der Waals surface area contributed by atoms with Crippen LogP contribution in [0.2, 0.25) is 5.15 Å². The Balaban J connectivity index is 2.97. The van der Waals surface area contributed by atoms with Gasteiger partial charge in [-0.2, -0.15) is 0 Å². The van der Waals surface area contributed by atoms with Crippen molar-refractivity contribution < 1.29 is 4.92 Å². The molecule has 0 amide bonds. The summed E-state index contributed by atoms with van der Waals surface area (Å²) in [6.45, 7) is 2.15. The first-order valence-corrected chi connectivity index (χ1v) is 5.42. The minimum Gasteiger partial charge on any atom is -0.324 e. The number of anilines is 1. The van der Waals surface area contributed by atoms with E-state index in [4.69, 9.17) is 11.6 Å². The van der Waals surface area contributed by atoms with Gasteiger partial charge in [0.05, 0.1) is 11.9 Å². The predicted molar refractivity (Wildman–Crippen MR) is 67.5 cm³/mol. The van der Waals surface area contributed by atoms with Gasteiger partial charge in [0.25, 0.3) is 6.54 Å². The standard InChI is InChI=1S/C10H13ClN4O2/c1-3-14(10(12-2)7-15(16)17)8-4-5-9(11)13-6-8/h4-6H,3,7H2,1-2H3. The average molecular weight is 257 g/mol. The molecule has 0 aliphatic heterocycles. The van der Waals surface area contributed by atoms with E-state index < -0.39 is 4.92 Å². The molecule has 0 saturated heterocycles. The van der Waals surface area contributed by atoms with Gasteiger partial charge >= 0.3 is 0 Å². The first-order chi connectivity index (χ1) is 8.08. The zero-order valence-corrected chi connectivity index (χ0v) is 10.4. The number of aliphatic imine (C=N–C) groups is 1. The van der Waals surface area contributed by atoms with Gasteiger partial charge in [0.2, 0.25) is 0 Å². The summed E-state index contributed by atoms with van der Waals surface area (Å²) in [6, 6.07) is 3.39. The van der Waals surface area contributed by atoms with E-state index in [1.165, 1.54) is 7.05 Å². The van der Waals surface area contributed by atoms with Crippen molar-refractivity contribution in [3.05, 3.63) is 33.6 Å². The number of likely N-dealkylation sites (N-methyl/N-ethyl adjacent to an activating group) is 1. The molecule has 92 valence electrons. The van der Waals surface area contributed by atoms with Crippen LogP contribution in [0.1, 0.15) is 6.92 Å². The van der Waals surface area contributed by atoms with Crippen LogP contribution < -0.4 is 4.90 Å². The van der Waals surface area contributed by atoms with Crippen LogP contribution in [0, 0.1) is 10.1 Å². The number of pyridine rings is 1. The van der Waals surface area contributed by atoms with E-state index in [1.54, 1.807) is 23.2 Å². The first kappa shape index (κ1) is 13.4. The van der Waals surface area contributed by atoms with Crippen LogP contribution in [-0.2, 0) is 0 Å². The second-order valence-corrected chi connectivity index (χ2v) is 3.60. The largest absolute Gasteiger partial charge is 0.324 e. The normalized spacial score (nSPS) is 11.4. The number of amidine groups is 1. The lowest BCUT2D eigenvalue weighted by Gasteiger charge is -2.21. The molecular formula is C10H13ClN4O2. The minimum absolute atomic E-state index is 0.313. The number of nitrogens with zero attached hydrogens (tertiary/aromatic N) is 4. The van der Waals surface area contributed by atoms with Crippen LogP contribution in [0.15, 0.2) is 23.3 Å². The fourth-order valence-electron chi connectivity index (χ4n) is 1.43. The summed E-state index contributed by atoms with van der Waals surface area (Å²) in [5, 5.41) is 10.9. The highest BCUT2D eigenvalue weighted by atomic mass is 35.5. The first-order valence-electron chi connectivity index (χ1n) is 5.05. The van der Waals surface area contributed by atoms with Gasteiger partial charge in [-0.25, -0.2) is 4.98 Å². The van der Waals surface area contributed by atoms with E-state index in [9.17, 15) is 10.1 Å². The van der Waals surface area contributed by atoms with Crippen LogP contribution in [-0.4, -0.2) is 35.9 Å². The van der Waals surface area contributed by atoms with Gasteiger partial charge in [-0.05, 0) is 19.1 Å². The molecule has 0 radical (unpaired) electrons. The summed E-state index contributed by atoms with van der Waals surface area (Å²) in [6.07, 6.45) is 1.57. The molecule has 1 rings (SSSR count). The number of hydrogen-bond acceptors (Lipinski definition) is 4. The number of nitro groups is 1. The maximum Gasteiger partial charge on any atom is 0.260 e. The third-order valence-electron chi connectivity index (χ3n) is 2.18. The molecule has 0 atom stereocenters. The summed E-state index contributed by atoms with van der Waals surface area (Å²) in [5.74, 6) is 0.390. The Labute approximate surface area is 104 Å². The van der Waals surface area contributed by atoms with Crippen molar-refractivity contribution in [2.24, 2.45) is 4.99 Å². The number of aromatic nitrogens is 1. The Hall–Kier alpha value is -1.69. The van der Waals surface area contributed by atoms with Crippen molar-refractivity contribution in [2.45, 2.75) is 6.92 Å². The minimum atomic E-state index is -0.408. The second kappa shape index (κ2) is 6.15. The summed E-state index contributed by atoms with van der Waals surface area (Å²) >= 11 is 5.69. The molecule has 17 heavy (non-hydrogen) atoms. The van der Waals surface area contributed by atoms with Crippen LogP contribution in [0.4, 0.5) is 5.69 Å². The van der Waals surface area contributed by atoms with Gasteiger partial charge < -0.3 is 4.90 Å². The van der Waals surface area contributed by atoms with Crippen LogP contribution in [0.3, 0.4) is 0 Å². The Morgan fingerprint density at radius 1 is 1.65 bits per heavy atom. The Morgan fingerprint density at radius 2 is 2.35 bits per heavy atom. The van der Waals surface area contributed by atoms with E-state index in [0.717, 1.165) is 5.69 Å². The molecule has 6 nitrogen and oxygen atoms in total. The SMILES string of the molecule is CCN(C(C[N+](=O)[O-])=NC)c1ccc(Cl)nc1. The highest BCUT2D eigenvalue weighted by molar-refractivity contribution is 6.29. The van der Waals surface area contributed by atoms with Crippen molar-refractivity contribution in [1.82, 2.24) is 4.98 Å². The van der Waals surface area contributed by atoms with Crippen LogP contribution in [0.25, 0.3) is 0 Å². The molecule has 0 fully saturated rings. The molecule has 0 bridgehead atoms. The molecule has 1 heterocycles. The van der Waals surface area contributed by atoms with E-state index >= 15 is 0 Å². The molecule has 1 aromatic heterocycles. The van der Waals surface area contributed by atoms with E-state index in [1.807, 2.05) is 6.92 Å². The van der Waals surface area contributed by atoms with Gasteiger partial charge in [-0.3, -0.25) is 15.1 Å². The van der Waals surface area contributed by atoms with Crippen molar-refractivity contribution in [3.63, 3.8) is 0 Å². The second-order valence-electron chi connectivity index (χ2n) is 3.21. The van der Waals surface area contributed by atoms with Gasteiger partial charge in [-0.1, -0.05) is 11.6 Å². The maximum atomic E-state index is 10.5. The van der Waals surface area contributed by atoms with Crippen LogP contribution in [0.5, 0.6) is 0 Å². The summed E-state index contributed by atoms with van der Waals surface area (Å²) in [7, 11) is 1.53. The molecule has 0 N–H and O–H groups in total. The Bertz CT molecular complexity index is 419. The zero-order valence-electron chi connectivity index (χ0n) is 9.63. The van der Waals surface area contributed by atoms with Gasteiger partial charge in [0.15, 0.2) is 5.84 Å². The summed E-state index contributed by atoms with van der Waals surface area (Å²) in [4.78, 5) is 19.7. The number of halogens is 1. The molecule has 7 heteroatoms. The quantitative estimate of drug-likeness (QED) is 0.271. The molecular weight excluding hydrogens is 244 g/mol. The topological polar surface area (TPSA) is 71.6 Å². The summed E-state index contributed by atoms with van der Waals surface area (Å²) < 4.78 is 0. The predicted octanol–water partition coefficient (Wildman–Crippen LogP) is 1.87. The van der Waals surface area contributed by atoms with Crippen molar-refractivity contribution in [3.8, 4) is 0 Å². The third-order valence-corrected chi connectivity index (χ3v) is 2.40. The Kier molecular flexibility index (Phi) is 4.84. The van der Waals surface area contributed by atoms with Crippen molar-refractivity contribution in [1.29, 1.82) is 0 Å². The lowest BCUT2D eigenvalue weighted by Crippen LogP contribution is -2.35. The lowest BCUT2D eigenvalue weighted by atomic mass is 10.3. The molecule has 0 saturated carbocycles. The highest BCUT2D eigenvalue weighted by Crippen LogP contribution is 2.15. The fraction of sp³-hybridized carbons (Fsp3) is 0.400. The summed E-state index contributed by atoms with van der Waals surface area (Å²) in [5.41, 5.74) is 0.736. The molecule has 0 unspecified atom stereocenters. The molecule has 1 aromatic rings. The molecule has 0 aliphatic rings. The molecule has 0 aromatic carbocycles. The van der Waals surface area contributed by atoms with Crippen LogP contribution >= 0.6 is 11.6 Å². The fourth-order valence-corrected chi connectivity index (χ4v) is 1.55. The average Bonchev–Trinajstić information content (AvgIpc) is 2.30. The van der Waals surface area contributed by atoms with Crippen molar-refractivity contribution in [2.75, 3.05) is 25.0 Å². The van der Waals surface area contributed by atoms with Crippen molar-refractivity contribution >= 4 is 23.1 Å². The number of rotatable bonds is 4.